The topological polar surface area (TPSA) is 55.0 Å². The number of ether oxygens (including phenoxy) is 1. The second-order valence-corrected chi connectivity index (χ2v) is 5.27. The van der Waals surface area contributed by atoms with Crippen molar-refractivity contribution < 1.29 is 4.74 Å². The Morgan fingerprint density at radius 1 is 1.29 bits per heavy atom. The Labute approximate surface area is 128 Å². The molecular formula is C16H15ClN2O2. The van der Waals surface area contributed by atoms with E-state index in [-0.39, 0.29) is 17.2 Å². The predicted molar refractivity (Wildman–Crippen MR) is 82.8 cm³/mol. The van der Waals surface area contributed by atoms with E-state index in [0.717, 1.165) is 11.3 Å². The molecule has 1 aromatic carbocycles. The lowest BCUT2D eigenvalue weighted by Crippen LogP contribution is -2.25. The summed E-state index contributed by atoms with van der Waals surface area (Å²) in [7, 11) is 1.55. The Bertz CT molecular complexity index is 773. The molecule has 0 amide bonds. The summed E-state index contributed by atoms with van der Waals surface area (Å²) >= 11 is 6.14. The number of pyridine rings is 1. The number of benzene rings is 1. The van der Waals surface area contributed by atoms with Crippen LogP contribution in [-0.2, 0) is 0 Å². The highest BCUT2D eigenvalue weighted by atomic mass is 35.5. The number of hydrogen-bond acceptors (Lipinski definition) is 3. The van der Waals surface area contributed by atoms with Crippen molar-refractivity contribution in [1.29, 1.82) is 5.26 Å². The van der Waals surface area contributed by atoms with Gasteiger partial charge in [-0.25, -0.2) is 0 Å². The minimum absolute atomic E-state index is 0.0679. The Morgan fingerprint density at radius 2 is 2.00 bits per heavy atom. The van der Waals surface area contributed by atoms with Gasteiger partial charge in [-0.1, -0.05) is 11.6 Å². The van der Waals surface area contributed by atoms with Crippen LogP contribution in [0.3, 0.4) is 0 Å². The molecule has 0 fully saturated rings. The summed E-state index contributed by atoms with van der Waals surface area (Å²) in [6.07, 6.45) is 0. The van der Waals surface area contributed by atoms with Crippen molar-refractivity contribution in [3.63, 3.8) is 0 Å². The van der Waals surface area contributed by atoms with Crippen LogP contribution in [0.1, 0.15) is 25.5 Å². The van der Waals surface area contributed by atoms with E-state index in [1.165, 1.54) is 6.07 Å². The first kappa shape index (κ1) is 15.1. The normalized spacial score (nSPS) is 10.5. The SMILES string of the molecule is COc1ccc(-c2ccc(C#N)c(=O)n2C(C)C)cc1Cl. The van der Waals surface area contributed by atoms with Crippen LogP contribution < -0.4 is 10.3 Å². The fraction of sp³-hybridized carbons (Fsp3) is 0.250. The number of hydrogen-bond donors (Lipinski definition) is 0. The fourth-order valence-electron chi connectivity index (χ4n) is 2.21. The lowest BCUT2D eigenvalue weighted by atomic mass is 10.1. The molecule has 0 unspecified atom stereocenters. The molecule has 2 rings (SSSR count). The van der Waals surface area contributed by atoms with E-state index in [4.69, 9.17) is 21.6 Å². The first-order chi connectivity index (χ1) is 9.99. The molecule has 1 heterocycles. The molecule has 0 radical (unpaired) electrons. The van der Waals surface area contributed by atoms with Gasteiger partial charge in [0.25, 0.3) is 5.56 Å². The zero-order valence-corrected chi connectivity index (χ0v) is 12.8. The van der Waals surface area contributed by atoms with E-state index in [2.05, 4.69) is 0 Å². The Balaban J connectivity index is 2.70. The molecule has 0 atom stereocenters. The highest BCUT2D eigenvalue weighted by molar-refractivity contribution is 6.32. The molecule has 0 bridgehead atoms. The Kier molecular flexibility index (Phi) is 4.35. The van der Waals surface area contributed by atoms with Crippen molar-refractivity contribution in [2.75, 3.05) is 7.11 Å². The first-order valence-corrected chi connectivity index (χ1v) is 6.87. The highest BCUT2D eigenvalue weighted by Gasteiger charge is 2.14. The highest BCUT2D eigenvalue weighted by Crippen LogP contribution is 2.30. The number of halogens is 1. The van der Waals surface area contributed by atoms with Crippen LogP contribution in [0, 0.1) is 11.3 Å². The third-order valence-electron chi connectivity index (χ3n) is 3.20. The third kappa shape index (κ3) is 2.79. The minimum atomic E-state index is -0.294. The molecule has 0 spiro atoms. The molecule has 0 saturated heterocycles. The smallest absolute Gasteiger partial charge is 0.269 e. The van der Waals surface area contributed by atoms with Crippen molar-refractivity contribution in [2.45, 2.75) is 19.9 Å². The van der Waals surface area contributed by atoms with Crippen LogP contribution in [0.15, 0.2) is 35.1 Å². The van der Waals surface area contributed by atoms with Gasteiger partial charge >= 0.3 is 0 Å². The van der Waals surface area contributed by atoms with Crippen LogP contribution in [0.5, 0.6) is 5.75 Å². The van der Waals surface area contributed by atoms with Crippen molar-refractivity contribution in [2.24, 2.45) is 0 Å². The van der Waals surface area contributed by atoms with Gasteiger partial charge in [0.05, 0.1) is 17.8 Å². The first-order valence-electron chi connectivity index (χ1n) is 6.49. The molecule has 0 saturated carbocycles. The largest absolute Gasteiger partial charge is 0.495 e. The molecular weight excluding hydrogens is 288 g/mol. The number of rotatable bonds is 3. The summed E-state index contributed by atoms with van der Waals surface area (Å²) in [6.45, 7) is 3.80. The Morgan fingerprint density at radius 3 is 2.52 bits per heavy atom. The summed E-state index contributed by atoms with van der Waals surface area (Å²) in [4.78, 5) is 12.3. The summed E-state index contributed by atoms with van der Waals surface area (Å²) < 4.78 is 6.72. The molecule has 0 N–H and O–H groups in total. The summed E-state index contributed by atoms with van der Waals surface area (Å²) in [5.74, 6) is 0.576. The zero-order chi connectivity index (χ0) is 15.6. The van der Waals surface area contributed by atoms with E-state index in [0.29, 0.717) is 10.8 Å². The van der Waals surface area contributed by atoms with Gasteiger partial charge in [0.2, 0.25) is 0 Å². The average Bonchev–Trinajstić information content (AvgIpc) is 2.46. The van der Waals surface area contributed by atoms with Gasteiger partial charge in [-0.3, -0.25) is 4.79 Å². The molecule has 0 aliphatic carbocycles. The molecule has 1 aromatic heterocycles. The second-order valence-electron chi connectivity index (χ2n) is 4.86. The zero-order valence-electron chi connectivity index (χ0n) is 12.1. The van der Waals surface area contributed by atoms with Gasteiger partial charge in [0, 0.05) is 6.04 Å². The van der Waals surface area contributed by atoms with Crippen LogP contribution in [-0.4, -0.2) is 11.7 Å². The van der Waals surface area contributed by atoms with E-state index in [9.17, 15) is 4.79 Å². The molecule has 4 nitrogen and oxygen atoms in total. The van der Waals surface area contributed by atoms with Crippen LogP contribution in [0.2, 0.25) is 5.02 Å². The molecule has 5 heteroatoms. The number of nitrogens with zero attached hydrogens (tertiary/aromatic N) is 2. The standard InChI is InChI=1S/C16H15ClN2O2/c1-10(2)19-14(6-4-12(9-18)16(19)20)11-5-7-15(21-3)13(17)8-11/h4-8,10H,1-3H3. The maximum absolute atomic E-state index is 12.3. The van der Waals surface area contributed by atoms with Crippen molar-refractivity contribution in [3.8, 4) is 23.1 Å². The van der Waals surface area contributed by atoms with Crippen LogP contribution in [0.25, 0.3) is 11.3 Å². The number of nitriles is 1. The van der Waals surface area contributed by atoms with Crippen LogP contribution in [0.4, 0.5) is 0 Å². The van der Waals surface area contributed by atoms with Gasteiger partial charge in [0.1, 0.15) is 17.4 Å². The third-order valence-corrected chi connectivity index (χ3v) is 3.50. The lowest BCUT2D eigenvalue weighted by molar-refractivity contribution is 0.415. The molecule has 2 aromatic rings. The van der Waals surface area contributed by atoms with E-state index in [1.54, 1.807) is 29.9 Å². The van der Waals surface area contributed by atoms with E-state index < -0.39 is 0 Å². The molecule has 0 aliphatic rings. The number of aromatic nitrogens is 1. The summed E-state index contributed by atoms with van der Waals surface area (Å²) in [5, 5.41) is 9.47. The summed E-state index contributed by atoms with van der Waals surface area (Å²) in [6, 6.07) is 10.5. The minimum Gasteiger partial charge on any atom is -0.495 e. The van der Waals surface area contributed by atoms with Gasteiger partial charge in [-0.15, -0.1) is 0 Å². The van der Waals surface area contributed by atoms with Gasteiger partial charge in [-0.2, -0.15) is 5.26 Å². The molecule has 0 aliphatic heterocycles. The molecule has 108 valence electrons. The maximum atomic E-state index is 12.3. The number of methoxy groups -OCH3 is 1. The van der Waals surface area contributed by atoms with Crippen LogP contribution >= 0.6 is 11.6 Å². The van der Waals surface area contributed by atoms with Gasteiger partial charge in [-0.05, 0) is 49.7 Å². The van der Waals surface area contributed by atoms with E-state index in [1.807, 2.05) is 26.0 Å². The van der Waals surface area contributed by atoms with Gasteiger partial charge in [0.15, 0.2) is 0 Å². The van der Waals surface area contributed by atoms with Crippen molar-refractivity contribution in [1.82, 2.24) is 4.57 Å². The monoisotopic (exact) mass is 302 g/mol. The van der Waals surface area contributed by atoms with Gasteiger partial charge < -0.3 is 9.30 Å². The fourth-order valence-corrected chi connectivity index (χ4v) is 2.47. The summed E-state index contributed by atoms with van der Waals surface area (Å²) in [5.41, 5.74) is 1.36. The van der Waals surface area contributed by atoms with Crippen molar-refractivity contribution >= 4 is 11.6 Å². The molecule has 21 heavy (non-hydrogen) atoms. The predicted octanol–water partition coefficient (Wildman–Crippen LogP) is 3.63. The lowest BCUT2D eigenvalue weighted by Gasteiger charge is -2.17. The second kappa shape index (κ2) is 6.02. The maximum Gasteiger partial charge on any atom is 0.269 e. The van der Waals surface area contributed by atoms with E-state index >= 15 is 0 Å². The Hall–Kier alpha value is -2.25. The average molecular weight is 303 g/mol. The van der Waals surface area contributed by atoms with Crippen molar-refractivity contribution in [3.05, 3.63) is 51.3 Å². The quantitative estimate of drug-likeness (QED) is 0.870.